The van der Waals surface area contributed by atoms with E-state index in [9.17, 15) is 14.0 Å². The number of alkyl halides is 1. The van der Waals surface area contributed by atoms with Crippen LogP contribution in [-0.2, 0) is 16.1 Å². The lowest BCUT2D eigenvalue weighted by atomic mass is 9.89. The van der Waals surface area contributed by atoms with Crippen LogP contribution in [0.2, 0.25) is 0 Å². The summed E-state index contributed by atoms with van der Waals surface area (Å²) >= 11 is 0. The van der Waals surface area contributed by atoms with E-state index in [0.29, 0.717) is 19.4 Å². The first-order chi connectivity index (χ1) is 10.5. The van der Waals surface area contributed by atoms with Crippen molar-refractivity contribution in [2.75, 3.05) is 13.1 Å². The Labute approximate surface area is 130 Å². The summed E-state index contributed by atoms with van der Waals surface area (Å²) in [5.41, 5.74) is -0.930. The van der Waals surface area contributed by atoms with Crippen molar-refractivity contribution < 1.29 is 18.7 Å². The molecule has 1 saturated heterocycles. The standard InChI is InChI=1S/C17H22FNO3/c1-2-17(18)10-6-7-11-19(12-15(17)20)16(21)22-13-14-8-4-3-5-9-14/h3-5,8-9H,2,6-7,10-13H2,1H3. The molecule has 1 amide bonds. The first kappa shape index (κ1) is 16.5. The number of amides is 1. The molecule has 1 aliphatic rings. The highest BCUT2D eigenvalue weighted by molar-refractivity contribution is 5.91. The molecule has 1 aromatic rings. The number of likely N-dealkylation sites (tertiary alicyclic amines) is 1. The first-order valence-corrected chi connectivity index (χ1v) is 7.73. The third kappa shape index (κ3) is 4.06. The number of nitrogens with zero attached hydrogens (tertiary/aromatic N) is 1. The number of carbonyl (C=O) groups is 2. The topological polar surface area (TPSA) is 46.6 Å². The Morgan fingerprint density at radius 3 is 2.73 bits per heavy atom. The highest BCUT2D eigenvalue weighted by Gasteiger charge is 2.38. The summed E-state index contributed by atoms with van der Waals surface area (Å²) in [5.74, 6) is -0.522. The Morgan fingerprint density at radius 2 is 2.05 bits per heavy atom. The van der Waals surface area contributed by atoms with Crippen LogP contribution in [0.25, 0.3) is 0 Å². The summed E-state index contributed by atoms with van der Waals surface area (Å²) in [5, 5.41) is 0. The second kappa shape index (κ2) is 7.38. The molecule has 0 radical (unpaired) electrons. The zero-order chi connectivity index (χ0) is 16.0. The van der Waals surface area contributed by atoms with Crippen LogP contribution in [0, 0.1) is 0 Å². The van der Waals surface area contributed by atoms with E-state index >= 15 is 0 Å². The Morgan fingerprint density at radius 1 is 1.32 bits per heavy atom. The average Bonchev–Trinajstić information content (AvgIpc) is 2.54. The van der Waals surface area contributed by atoms with Crippen molar-refractivity contribution in [1.29, 1.82) is 0 Å². The van der Waals surface area contributed by atoms with Crippen molar-refractivity contribution in [3.63, 3.8) is 0 Å². The van der Waals surface area contributed by atoms with Gasteiger partial charge in [0.25, 0.3) is 0 Å². The van der Waals surface area contributed by atoms with Gasteiger partial charge in [-0.25, -0.2) is 9.18 Å². The van der Waals surface area contributed by atoms with Crippen molar-refractivity contribution in [3.05, 3.63) is 35.9 Å². The minimum Gasteiger partial charge on any atom is -0.445 e. The van der Waals surface area contributed by atoms with Gasteiger partial charge in [0.2, 0.25) is 0 Å². The molecular formula is C17H22FNO3. The van der Waals surface area contributed by atoms with E-state index in [0.717, 1.165) is 5.56 Å². The Bertz CT molecular complexity index is 520. The number of rotatable bonds is 3. The summed E-state index contributed by atoms with van der Waals surface area (Å²) < 4.78 is 19.7. The van der Waals surface area contributed by atoms with Gasteiger partial charge in [0.1, 0.15) is 6.61 Å². The molecular weight excluding hydrogens is 285 g/mol. The molecule has 0 saturated carbocycles. The molecule has 120 valence electrons. The van der Waals surface area contributed by atoms with E-state index in [1.807, 2.05) is 30.3 Å². The van der Waals surface area contributed by atoms with Crippen molar-refractivity contribution in [2.45, 2.75) is 44.9 Å². The fraction of sp³-hybridized carbons (Fsp3) is 0.529. The van der Waals surface area contributed by atoms with Gasteiger partial charge < -0.3 is 9.64 Å². The van der Waals surface area contributed by atoms with Gasteiger partial charge in [-0.05, 0) is 31.2 Å². The number of hydrogen-bond acceptors (Lipinski definition) is 3. The number of ether oxygens (including phenoxy) is 1. The number of carbonyl (C=O) groups excluding carboxylic acids is 2. The molecule has 0 N–H and O–H groups in total. The second-order valence-corrected chi connectivity index (χ2v) is 5.66. The third-order valence-electron chi connectivity index (χ3n) is 4.11. The lowest BCUT2D eigenvalue weighted by Crippen LogP contribution is -2.46. The molecule has 1 atom stereocenters. The Balaban J connectivity index is 1.95. The van der Waals surface area contributed by atoms with Gasteiger partial charge in [-0.2, -0.15) is 0 Å². The van der Waals surface area contributed by atoms with Crippen LogP contribution >= 0.6 is 0 Å². The molecule has 1 fully saturated rings. The van der Waals surface area contributed by atoms with E-state index < -0.39 is 17.5 Å². The van der Waals surface area contributed by atoms with Crippen molar-refractivity contribution in [3.8, 4) is 0 Å². The molecule has 1 aliphatic heterocycles. The molecule has 0 bridgehead atoms. The molecule has 4 nitrogen and oxygen atoms in total. The lowest BCUT2D eigenvalue weighted by Gasteiger charge is -2.30. The van der Waals surface area contributed by atoms with Gasteiger partial charge in [0.05, 0.1) is 6.54 Å². The van der Waals surface area contributed by atoms with Gasteiger partial charge in [-0.3, -0.25) is 4.79 Å². The number of hydrogen-bond donors (Lipinski definition) is 0. The Kier molecular flexibility index (Phi) is 5.52. The number of halogens is 1. The molecule has 22 heavy (non-hydrogen) atoms. The first-order valence-electron chi connectivity index (χ1n) is 7.73. The highest BCUT2D eigenvalue weighted by atomic mass is 19.1. The van der Waals surface area contributed by atoms with E-state index in [1.54, 1.807) is 6.92 Å². The number of Topliss-reactive ketones (excluding diaryl/α,β-unsaturated/α-hetero) is 1. The van der Waals surface area contributed by atoms with E-state index in [4.69, 9.17) is 4.74 Å². The van der Waals surface area contributed by atoms with Gasteiger partial charge >= 0.3 is 6.09 Å². The number of ketones is 1. The molecule has 1 unspecified atom stereocenters. The van der Waals surface area contributed by atoms with Gasteiger partial charge in [0, 0.05) is 6.54 Å². The molecule has 0 spiro atoms. The van der Waals surface area contributed by atoms with E-state index in [-0.39, 0.29) is 26.0 Å². The van der Waals surface area contributed by atoms with Crippen LogP contribution in [0.5, 0.6) is 0 Å². The summed E-state index contributed by atoms with van der Waals surface area (Å²) in [7, 11) is 0. The zero-order valence-electron chi connectivity index (χ0n) is 12.9. The minimum absolute atomic E-state index is 0.152. The van der Waals surface area contributed by atoms with Crippen LogP contribution in [0.4, 0.5) is 9.18 Å². The van der Waals surface area contributed by atoms with Gasteiger partial charge in [-0.1, -0.05) is 37.3 Å². The summed E-state index contributed by atoms with van der Waals surface area (Å²) in [6.07, 6.45) is 1.11. The summed E-state index contributed by atoms with van der Waals surface area (Å²) in [6.45, 7) is 2.04. The van der Waals surface area contributed by atoms with Crippen LogP contribution in [-0.4, -0.2) is 35.5 Å². The Hall–Kier alpha value is -1.91. The molecule has 0 aromatic heterocycles. The summed E-state index contributed by atoms with van der Waals surface area (Å²) in [6, 6.07) is 9.32. The highest BCUT2D eigenvalue weighted by Crippen LogP contribution is 2.27. The predicted octanol–water partition coefficient (Wildman–Crippen LogP) is 3.50. The number of benzene rings is 1. The molecule has 0 aliphatic carbocycles. The van der Waals surface area contributed by atoms with Crippen molar-refractivity contribution in [2.24, 2.45) is 0 Å². The molecule has 1 heterocycles. The molecule has 5 heteroatoms. The normalized spacial score (nSPS) is 22.8. The maximum Gasteiger partial charge on any atom is 0.410 e. The average molecular weight is 307 g/mol. The fourth-order valence-corrected chi connectivity index (χ4v) is 2.58. The van der Waals surface area contributed by atoms with Crippen LogP contribution in [0.1, 0.15) is 38.2 Å². The van der Waals surface area contributed by atoms with Gasteiger partial charge in [-0.15, -0.1) is 0 Å². The zero-order valence-corrected chi connectivity index (χ0v) is 12.9. The largest absolute Gasteiger partial charge is 0.445 e. The monoisotopic (exact) mass is 307 g/mol. The van der Waals surface area contributed by atoms with E-state index in [1.165, 1.54) is 4.90 Å². The van der Waals surface area contributed by atoms with Gasteiger partial charge in [0.15, 0.2) is 11.5 Å². The maximum atomic E-state index is 14.5. The second-order valence-electron chi connectivity index (χ2n) is 5.66. The van der Waals surface area contributed by atoms with Crippen LogP contribution in [0.15, 0.2) is 30.3 Å². The van der Waals surface area contributed by atoms with Crippen molar-refractivity contribution >= 4 is 11.9 Å². The molecule has 1 aromatic carbocycles. The SMILES string of the molecule is CCC1(F)CCCCN(C(=O)OCc2ccccc2)CC1=O. The predicted molar refractivity (Wildman–Crippen MR) is 81.2 cm³/mol. The summed E-state index contributed by atoms with van der Waals surface area (Å²) in [4.78, 5) is 25.5. The minimum atomic E-state index is -1.81. The van der Waals surface area contributed by atoms with Crippen LogP contribution < -0.4 is 0 Å². The van der Waals surface area contributed by atoms with E-state index in [2.05, 4.69) is 0 Å². The van der Waals surface area contributed by atoms with Crippen molar-refractivity contribution in [1.82, 2.24) is 4.90 Å². The molecule has 2 rings (SSSR count). The third-order valence-corrected chi connectivity index (χ3v) is 4.11. The maximum absolute atomic E-state index is 14.5. The van der Waals surface area contributed by atoms with Crippen LogP contribution in [0.3, 0.4) is 0 Å². The smallest absolute Gasteiger partial charge is 0.410 e. The quantitative estimate of drug-likeness (QED) is 0.858. The lowest BCUT2D eigenvalue weighted by molar-refractivity contribution is -0.133. The fourth-order valence-electron chi connectivity index (χ4n) is 2.58.